The van der Waals surface area contributed by atoms with Crippen molar-refractivity contribution in [2.75, 3.05) is 32.7 Å². The Morgan fingerprint density at radius 2 is 1.81 bits per heavy atom. The van der Waals surface area contributed by atoms with Crippen LogP contribution in [0.3, 0.4) is 0 Å². The Morgan fingerprint density at radius 1 is 1.19 bits per heavy atom. The molecule has 1 aliphatic rings. The molecule has 0 bridgehead atoms. The van der Waals surface area contributed by atoms with Crippen LogP contribution in [-0.4, -0.2) is 60.4 Å². The zero-order valence-electron chi connectivity index (χ0n) is 13.6. The molecule has 0 aromatic heterocycles. The van der Waals surface area contributed by atoms with Gasteiger partial charge in [0, 0.05) is 51.6 Å². The Balaban J connectivity index is 0.00000400. The first-order valence-electron chi connectivity index (χ1n) is 7.87. The van der Waals surface area contributed by atoms with Gasteiger partial charge in [0.2, 0.25) is 11.8 Å². The van der Waals surface area contributed by atoms with E-state index in [2.05, 4.69) is 26.1 Å². The van der Waals surface area contributed by atoms with Crippen LogP contribution in [0.25, 0.3) is 0 Å². The van der Waals surface area contributed by atoms with Gasteiger partial charge >= 0.3 is 0 Å². The van der Waals surface area contributed by atoms with Crippen molar-refractivity contribution >= 4 is 24.2 Å². The molecule has 0 aromatic carbocycles. The Bertz CT molecular complexity index is 303. The highest BCUT2D eigenvalue weighted by Crippen LogP contribution is 2.06. The monoisotopic (exact) mass is 319 g/mol. The Labute approximate surface area is 134 Å². The summed E-state index contributed by atoms with van der Waals surface area (Å²) in [4.78, 5) is 28.0. The molecule has 1 saturated heterocycles. The van der Waals surface area contributed by atoms with Crippen LogP contribution in [-0.2, 0) is 9.59 Å². The SMILES string of the molecule is CCCN(CCC)C(=O)CCC(=O)N1CCNC(C)C1.Cl. The fourth-order valence-corrected chi connectivity index (χ4v) is 2.59. The van der Waals surface area contributed by atoms with Gasteiger partial charge in [-0.25, -0.2) is 0 Å². The van der Waals surface area contributed by atoms with Crippen LogP contribution in [0.1, 0.15) is 46.5 Å². The van der Waals surface area contributed by atoms with Crippen LogP contribution in [0.4, 0.5) is 0 Å². The maximum Gasteiger partial charge on any atom is 0.223 e. The molecule has 21 heavy (non-hydrogen) atoms. The van der Waals surface area contributed by atoms with Crippen LogP contribution >= 0.6 is 12.4 Å². The lowest BCUT2D eigenvalue weighted by molar-refractivity contribution is -0.137. The lowest BCUT2D eigenvalue weighted by Crippen LogP contribution is -2.51. The molecule has 5 nitrogen and oxygen atoms in total. The summed E-state index contributed by atoms with van der Waals surface area (Å²) in [6, 6.07) is 0.347. The molecule has 1 rings (SSSR count). The van der Waals surface area contributed by atoms with Gasteiger partial charge < -0.3 is 15.1 Å². The molecule has 2 amide bonds. The van der Waals surface area contributed by atoms with Crippen molar-refractivity contribution in [3.8, 4) is 0 Å². The third-order valence-corrected chi connectivity index (χ3v) is 3.61. The van der Waals surface area contributed by atoms with Gasteiger partial charge in [0.15, 0.2) is 0 Å². The number of halogens is 1. The second-order valence-electron chi connectivity index (χ2n) is 5.58. The normalized spacial score (nSPS) is 18.0. The number of hydrogen-bond acceptors (Lipinski definition) is 3. The Morgan fingerprint density at radius 3 is 2.33 bits per heavy atom. The predicted octanol–water partition coefficient (Wildman–Crippen LogP) is 1.66. The maximum absolute atomic E-state index is 12.1. The van der Waals surface area contributed by atoms with Crippen LogP contribution in [0.15, 0.2) is 0 Å². The number of carbonyl (C=O) groups excluding carboxylic acids is 2. The topological polar surface area (TPSA) is 52.7 Å². The summed E-state index contributed by atoms with van der Waals surface area (Å²) in [6.07, 6.45) is 2.62. The van der Waals surface area contributed by atoms with E-state index in [9.17, 15) is 9.59 Å². The average molecular weight is 320 g/mol. The largest absolute Gasteiger partial charge is 0.343 e. The van der Waals surface area contributed by atoms with Crippen molar-refractivity contribution < 1.29 is 9.59 Å². The molecule has 1 aliphatic heterocycles. The molecule has 0 radical (unpaired) electrons. The van der Waals surface area contributed by atoms with Crippen LogP contribution < -0.4 is 5.32 Å². The summed E-state index contributed by atoms with van der Waals surface area (Å²) in [5, 5.41) is 3.31. The minimum absolute atomic E-state index is 0. The van der Waals surface area contributed by atoms with E-state index >= 15 is 0 Å². The molecule has 1 unspecified atom stereocenters. The summed E-state index contributed by atoms with van der Waals surface area (Å²) in [6.45, 7) is 10.2. The standard InChI is InChI=1S/C15H29N3O2.ClH/c1-4-9-17(10-5-2)14(19)6-7-15(20)18-11-8-16-13(3)12-18;/h13,16H,4-12H2,1-3H3;1H. The molecular weight excluding hydrogens is 290 g/mol. The summed E-state index contributed by atoms with van der Waals surface area (Å²) >= 11 is 0. The smallest absolute Gasteiger partial charge is 0.223 e. The number of carbonyl (C=O) groups is 2. The number of nitrogens with one attached hydrogen (secondary N) is 1. The summed E-state index contributed by atoms with van der Waals surface area (Å²) in [5.74, 6) is 0.227. The van der Waals surface area contributed by atoms with E-state index in [0.717, 1.165) is 45.6 Å². The summed E-state index contributed by atoms with van der Waals surface area (Å²) < 4.78 is 0. The van der Waals surface area contributed by atoms with Crippen molar-refractivity contribution in [3.05, 3.63) is 0 Å². The number of nitrogens with zero attached hydrogens (tertiary/aromatic N) is 2. The van der Waals surface area contributed by atoms with E-state index < -0.39 is 0 Å². The van der Waals surface area contributed by atoms with Crippen LogP contribution in [0.2, 0.25) is 0 Å². The van der Waals surface area contributed by atoms with Crippen molar-refractivity contribution in [1.29, 1.82) is 0 Å². The Kier molecular flexibility index (Phi) is 10.4. The van der Waals surface area contributed by atoms with Gasteiger partial charge in [0.1, 0.15) is 0 Å². The number of amides is 2. The first kappa shape index (κ1) is 20.2. The molecule has 0 aromatic rings. The summed E-state index contributed by atoms with van der Waals surface area (Å²) in [7, 11) is 0. The second kappa shape index (κ2) is 10.9. The first-order chi connectivity index (χ1) is 9.58. The summed E-state index contributed by atoms with van der Waals surface area (Å²) in [5.41, 5.74) is 0. The minimum atomic E-state index is 0. The van der Waals surface area contributed by atoms with Gasteiger partial charge in [-0.3, -0.25) is 9.59 Å². The molecule has 1 fully saturated rings. The molecule has 0 saturated carbocycles. The van der Waals surface area contributed by atoms with Gasteiger partial charge in [-0.15, -0.1) is 12.4 Å². The lowest BCUT2D eigenvalue weighted by atomic mass is 10.2. The van der Waals surface area contributed by atoms with Crippen molar-refractivity contribution in [2.24, 2.45) is 0 Å². The average Bonchev–Trinajstić information content (AvgIpc) is 2.44. The van der Waals surface area contributed by atoms with Crippen molar-refractivity contribution in [3.63, 3.8) is 0 Å². The van der Waals surface area contributed by atoms with Crippen LogP contribution in [0.5, 0.6) is 0 Å². The number of hydrogen-bond donors (Lipinski definition) is 1. The van der Waals surface area contributed by atoms with E-state index in [1.807, 2.05) is 9.80 Å². The fraction of sp³-hybridized carbons (Fsp3) is 0.867. The molecule has 1 heterocycles. The van der Waals surface area contributed by atoms with Gasteiger partial charge in [0.25, 0.3) is 0 Å². The molecule has 1 atom stereocenters. The zero-order valence-corrected chi connectivity index (χ0v) is 14.4. The predicted molar refractivity (Wildman–Crippen MR) is 87.7 cm³/mol. The fourth-order valence-electron chi connectivity index (χ4n) is 2.59. The molecule has 1 N–H and O–H groups in total. The highest BCUT2D eigenvalue weighted by molar-refractivity contribution is 5.85. The first-order valence-corrected chi connectivity index (χ1v) is 7.87. The second-order valence-corrected chi connectivity index (χ2v) is 5.58. The molecule has 6 heteroatoms. The highest BCUT2D eigenvalue weighted by Gasteiger charge is 2.21. The van der Waals surface area contributed by atoms with Gasteiger partial charge in [-0.1, -0.05) is 13.8 Å². The molecule has 0 aliphatic carbocycles. The van der Waals surface area contributed by atoms with Crippen molar-refractivity contribution in [1.82, 2.24) is 15.1 Å². The minimum Gasteiger partial charge on any atom is -0.343 e. The van der Waals surface area contributed by atoms with Crippen LogP contribution in [0, 0.1) is 0 Å². The quantitative estimate of drug-likeness (QED) is 0.776. The molecule has 0 spiro atoms. The van der Waals surface area contributed by atoms with E-state index in [0.29, 0.717) is 18.9 Å². The van der Waals surface area contributed by atoms with Gasteiger partial charge in [-0.2, -0.15) is 0 Å². The van der Waals surface area contributed by atoms with E-state index in [-0.39, 0.29) is 24.2 Å². The van der Waals surface area contributed by atoms with Gasteiger partial charge in [-0.05, 0) is 19.8 Å². The third kappa shape index (κ3) is 7.14. The highest BCUT2D eigenvalue weighted by atomic mass is 35.5. The third-order valence-electron chi connectivity index (χ3n) is 3.61. The van der Waals surface area contributed by atoms with Gasteiger partial charge in [0.05, 0.1) is 0 Å². The van der Waals surface area contributed by atoms with E-state index in [4.69, 9.17) is 0 Å². The van der Waals surface area contributed by atoms with E-state index in [1.165, 1.54) is 0 Å². The molecular formula is C15H30ClN3O2. The lowest BCUT2D eigenvalue weighted by Gasteiger charge is -2.32. The van der Waals surface area contributed by atoms with E-state index in [1.54, 1.807) is 0 Å². The molecule has 124 valence electrons. The Hall–Kier alpha value is -0.810. The maximum atomic E-state index is 12.1. The number of rotatable bonds is 7. The van der Waals surface area contributed by atoms with Crippen molar-refractivity contribution in [2.45, 2.75) is 52.5 Å². The number of piperazine rings is 1. The zero-order chi connectivity index (χ0) is 15.0.